The van der Waals surface area contributed by atoms with Crippen LogP contribution in [-0.2, 0) is 37.9 Å². The Balaban J connectivity index is 2.00. The van der Waals surface area contributed by atoms with Crippen molar-refractivity contribution in [1.82, 2.24) is 0 Å². The number of methoxy groups -OCH3 is 4. The van der Waals surface area contributed by atoms with E-state index in [0.717, 1.165) is 0 Å². The Labute approximate surface area is 143 Å². The van der Waals surface area contributed by atoms with E-state index in [1.54, 1.807) is 28.4 Å². The molecule has 0 bridgehead atoms. The molecule has 0 N–H and O–H groups in total. The molecule has 2 aliphatic rings. The van der Waals surface area contributed by atoms with Crippen LogP contribution in [0.4, 0.5) is 0 Å². The van der Waals surface area contributed by atoms with Crippen molar-refractivity contribution in [3.8, 4) is 0 Å². The Morgan fingerprint density at radius 2 is 1.58 bits per heavy atom. The van der Waals surface area contributed by atoms with Crippen LogP contribution in [0.2, 0.25) is 0 Å². The fourth-order valence-corrected chi connectivity index (χ4v) is 3.16. The molecule has 0 aromatic rings. The third-order valence-corrected chi connectivity index (χ3v) is 4.25. The molecule has 142 valence electrons. The SMILES string of the molecule is COC[C@H]1O[C@@H](OCC2COC(C)(C)O2)[C@H](OC)[C@@H](OC)[C@@H]1OC. The lowest BCUT2D eigenvalue weighted by Gasteiger charge is -2.44. The maximum Gasteiger partial charge on any atom is 0.187 e. The zero-order valence-electron chi connectivity index (χ0n) is 15.4. The van der Waals surface area contributed by atoms with Gasteiger partial charge in [-0.2, -0.15) is 0 Å². The van der Waals surface area contributed by atoms with Crippen molar-refractivity contribution in [3.63, 3.8) is 0 Å². The van der Waals surface area contributed by atoms with Gasteiger partial charge >= 0.3 is 0 Å². The summed E-state index contributed by atoms with van der Waals surface area (Å²) in [6, 6.07) is 0. The highest BCUT2D eigenvalue weighted by molar-refractivity contribution is 4.92. The molecule has 0 amide bonds. The molecule has 2 heterocycles. The predicted molar refractivity (Wildman–Crippen MR) is 83.8 cm³/mol. The molecule has 1 unspecified atom stereocenters. The van der Waals surface area contributed by atoms with E-state index >= 15 is 0 Å². The molecule has 2 rings (SSSR count). The van der Waals surface area contributed by atoms with Crippen LogP contribution in [0.5, 0.6) is 0 Å². The van der Waals surface area contributed by atoms with Gasteiger partial charge < -0.3 is 37.9 Å². The molecule has 0 aromatic carbocycles. The van der Waals surface area contributed by atoms with E-state index in [9.17, 15) is 0 Å². The van der Waals surface area contributed by atoms with Crippen molar-refractivity contribution in [2.45, 2.75) is 56.4 Å². The van der Waals surface area contributed by atoms with Crippen LogP contribution in [0.3, 0.4) is 0 Å². The summed E-state index contributed by atoms with van der Waals surface area (Å²) in [6.45, 7) is 4.93. The zero-order valence-corrected chi connectivity index (χ0v) is 15.4. The van der Waals surface area contributed by atoms with Crippen LogP contribution in [-0.4, -0.2) is 90.9 Å². The lowest BCUT2D eigenvalue weighted by atomic mass is 9.98. The van der Waals surface area contributed by atoms with Crippen molar-refractivity contribution in [1.29, 1.82) is 0 Å². The first-order chi connectivity index (χ1) is 11.5. The minimum absolute atomic E-state index is 0.150. The molecule has 6 atom stereocenters. The largest absolute Gasteiger partial charge is 0.382 e. The Morgan fingerprint density at radius 1 is 0.917 bits per heavy atom. The van der Waals surface area contributed by atoms with E-state index in [0.29, 0.717) is 19.8 Å². The molecule has 2 fully saturated rings. The minimum atomic E-state index is -0.612. The Hall–Kier alpha value is -0.320. The quantitative estimate of drug-likeness (QED) is 0.629. The summed E-state index contributed by atoms with van der Waals surface area (Å²) in [5, 5.41) is 0. The monoisotopic (exact) mass is 350 g/mol. The third-order valence-electron chi connectivity index (χ3n) is 4.25. The summed E-state index contributed by atoms with van der Waals surface area (Å²) in [6.07, 6.45) is -2.16. The Morgan fingerprint density at radius 3 is 2.08 bits per heavy atom. The standard InChI is InChI=1S/C16H30O8/c1-16(2)22-8-10(24-16)7-21-15-14(20-6)13(19-5)12(18-4)11(23-15)9-17-3/h10-15H,7-9H2,1-6H3/t10?,11-,12-,13+,14-,15-/m1/s1. The lowest BCUT2D eigenvalue weighted by molar-refractivity contribution is -0.316. The predicted octanol–water partition coefficient (Wildman–Crippen LogP) is 0.571. The summed E-state index contributed by atoms with van der Waals surface area (Å²) >= 11 is 0. The van der Waals surface area contributed by atoms with E-state index in [2.05, 4.69) is 0 Å². The minimum Gasteiger partial charge on any atom is -0.382 e. The molecular weight excluding hydrogens is 320 g/mol. The van der Waals surface area contributed by atoms with Gasteiger partial charge in [0.1, 0.15) is 30.5 Å². The van der Waals surface area contributed by atoms with Gasteiger partial charge in [0.05, 0.1) is 19.8 Å². The second-order valence-electron chi connectivity index (χ2n) is 6.38. The summed E-state index contributed by atoms with van der Waals surface area (Å²) in [7, 11) is 6.44. The lowest BCUT2D eigenvalue weighted by Crippen LogP contribution is -2.61. The average Bonchev–Trinajstić information content (AvgIpc) is 2.91. The highest BCUT2D eigenvalue weighted by Gasteiger charge is 2.48. The molecular formula is C16H30O8. The van der Waals surface area contributed by atoms with Crippen LogP contribution in [0.25, 0.3) is 0 Å². The van der Waals surface area contributed by atoms with Gasteiger partial charge in [0, 0.05) is 28.4 Å². The Bertz CT molecular complexity index is 377. The summed E-state index contributed by atoms with van der Waals surface area (Å²) in [4.78, 5) is 0. The van der Waals surface area contributed by atoms with Crippen molar-refractivity contribution in [3.05, 3.63) is 0 Å². The van der Waals surface area contributed by atoms with E-state index < -0.39 is 18.2 Å². The Kier molecular flexibility index (Phi) is 7.39. The van der Waals surface area contributed by atoms with Crippen molar-refractivity contribution >= 4 is 0 Å². The van der Waals surface area contributed by atoms with Gasteiger partial charge in [-0.15, -0.1) is 0 Å². The summed E-state index contributed by atoms with van der Waals surface area (Å²) in [5.74, 6) is -0.586. The van der Waals surface area contributed by atoms with E-state index in [1.165, 1.54) is 0 Å². The van der Waals surface area contributed by atoms with E-state index in [1.807, 2.05) is 13.8 Å². The number of rotatable bonds is 8. The molecule has 0 saturated carbocycles. The van der Waals surface area contributed by atoms with Gasteiger partial charge in [-0.05, 0) is 13.8 Å². The van der Waals surface area contributed by atoms with Gasteiger partial charge in [-0.25, -0.2) is 0 Å². The van der Waals surface area contributed by atoms with Gasteiger partial charge in [0.2, 0.25) is 0 Å². The highest BCUT2D eigenvalue weighted by atomic mass is 16.8. The van der Waals surface area contributed by atoms with Crippen molar-refractivity contribution < 1.29 is 37.9 Å². The fourth-order valence-electron chi connectivity index (χ4n) is 3.16. The molecule has 8 heteroatoms. The van der Waals surface area contributed by atoms with Crippen molar-refractivity contribution in [2.24, 2.45) is 0 Å². The van der Waals surface area contributed by atoms with Crippen LogP contribution < -0.4 is 0 Å². The second kappa shape index (κ2) is 8.86. The van der Waals surface area contributed by atoms with Gasteiger partial charge in [0.25, 0.3) is 0 Å². The first-order valence-corrected chi connectivity index (χ1v) is 8.12. The van der Waals surface area contributed by atoms with Crippen molar-refractivity contribution in [2.75, 3.05) is 48.3 Å². The van der Waals surface area contributed by atoms with Gasteiger partial charge in [0.15, 0.2) is 12.1 Å². The zero-order chi connectivity index (χ0) is 17.7. The molecule has 8 nitrogen and oxygen atoms in total. The van der Waals surface area contributed by atoms with Gasteiger partial charge in [-0.3, -0.25) is 0 Å². The summed E-state index contributed by atoms with van der Waals surface area (Å²) in [5.41, 5.74) is 0. The molecule has 0 aliphatic carbocycles. The first kappa shape index (κ1) is 20.0. The molecule has 0 spiro atoms. The fraction of sp³-hybridized carbons (Fsp3) is 1.00. The van der Waals surface area contributed by atoms with Crippen LogP contribution in [0.1, 0.15) is 13.8 Å². The number of hydrogen-bond donors (Lipinski definition) is 0. The third kappa shape index (κ3) is 4.64. The van der Waals surface area contributed by atoms with E-state index in [4.69, 9.17) is 37.9 Å². The smallest absolute Gasteiger partial charge is 0.187 e. The van der Waals surface area contributed by atoms with E-state index in [-0.39, 0.29) is 24.4 Å². The topological polar surface area (TPSA) is 73.8 Å². The average molecular weight is 350 g/mol. The molecule has 0 aromatic heterocycles. The highest BCUT2D eigenvalue weighted by Crippen LogP contribution is 2.29. The first-order valence-electron chi connectivity index (χ1n) is 8.12. The number of hydrogen-bond acceptors (Lipinski definition) is 8. The number of ether oxygens (including phenoxy) is 8. The maximum atomic E-state index is 6.00. The normalized spacial score (nSPS) is 39.2. The van der Waals surface area contributed by atoms with Crippen LogP contribution in [0, 0.1) is 0 Å². The molecule has 0 radical (unpaired) electrons. The molecule has 2 aliphatic heterocycles. The molecule has 2 saturated heterocycles. The van der Waals surface area contributed by atoms with Gasteiger partial charge in [-0.1, -0.05) is 0 Å². The second-order valence-corrected chi connectivity index (χ2v) is 6.38. The van der Waals surface area contributed by atoms with Crippen LogP contribution >= 0.6 is 0 Å². The maximum absolute atomic E-state index is 6.00. The molecule has 24 heavy (non-hydrogen) atoms. The summed E-state index contributed by atoms with van der Waals surface area (Å²) < 4.78 is 45.1. The van der Waals surface area contributed by atoms with Crippen LogP contribution in [0.15, 0.2) is 0 Å².